The van der Waals surface area contributed by atoms with E-state index in [1.54, 1.807) is 6.07 Å². The smallest absolute Gasteiger partial charge is 0.264 e. The van der Waals surface area contributed by atoms with E-state index in [9.17, 15) is 8.42 Å². The van der Waals surface area contributed by atoms with Crippen LogP contribution in [-0.2, 0) is 29.5 Å². The molecule has 5 rings (SSSR count). The molecule has 0 amide bonds. The van der Waals surface area contributed by atoms with Gasteiger partial charge >= 0.3 is 0 Å². The zero-order valence-electron chi connectivity index (χ0n) is 22.1. The van der Waals surface area contributed by atoms with Crippen LogP contribution in [0.3, 0.4) is 0 Å². The van der Waals surface area contributed by atoms with Crippen LogP contribution in [-0.4, -0.2) is 50.0 Å². The van der Waals surface area contributed by atoms with Crippen LogP contribution in [0.15, 0.2) is 41.3 Å². The molecule has 0 saturated carbocycles. The van der Waals surface area contributed by atoms with Gasteiger partial charge in [-0.2, -0.15) is 0 Å². The number of nitrogens with one attached hydrogen (secondary N) is 1. The average molecular weight is 626 g/mol. The number of aromatic nitrogens is 2. The Morgan fingerprint density at radius 1 is 0.975 bits per heavy atom. The maximum Gasteiger partial charge on any atom is 0.264 e. The van der Waals surface area contributed by atoms with Crippen LogP contribution in [0.25, 0.3) is 0 Å². The SMILES string of the molecule is CN1CCC(COc2cc(COc3nc4c(nc3NS(=O)(=O)c3cccc(Cl)c3Cl)CCCC4)ccc2Cl)CC1. The molecule has 2 aliphatic rings. The first-order valence-corrected chi connectivity index (χ1v) is 15.9. The van der Waals surface area contributed by atoms with E-state index < -0.39 is 10.0 Å². The lowest BCUT2D eigenvalue weighted by Crippen LogP contribution is -2.32. The van der Waals surface area contributed by atoms with Gasteiger partial charge < -0.3 is 14.4 Å². The Bertz CT molecular complexity index is 1480. The largest absolute Gasteiger partial charge is 0.492 e. The van der Waals surface area contributed by atoms with Crippen molar-refractivity contribution in [2.24, 2.45) is 5.92 Å². The van der Waals surface area contributed by atoms with E-state index in [0.29, 0.717) is 29.7 Å². The summed E-state index contributed by atoms with van der Waals surface area (Å²) in [5, 5.41) is 0.588. The van der Waals surface area contributed by atoms with Gasteiger partial charge in [0.1, 0.15) is 17.3 Å². The number of nitrogens with zero attached hydrogens (tertiary/aromatic N) is 3. The number of hydrogen-bond donors (Lipinski definition) is 1. The molecule has 2 aromatic carbocycles. The molecule has 1 saturated heterocycles. The Morgan fingerprint density at radius 3 is 2.45 bits per heavy atom. The summed E-state index contributed by atoms with van der Waals surface area (Å²) in [6, 6.07) is 9.88. The molecule has 0 spiro atoms. The summed E-state index contributed by atoms with van der Waals surface area (Å²) in [6.07, 6.45) is 5.59. The van der Waals surface area contributed by atoms with E-state index in [0.717, 1.165) is 62.1 Å². The highest BCUT2D eigenvalue weighted by Crippen LogP contribution is 2.33. The minimum absolute atomic E-state index is 0.00407. The second-order valence-electron chi connectivity index (χ2n) is 10.2. The minimum atomic E-state index is -4.12. The Balaban J connectivity index is 1.35. The van der Waals surface area contributed by atoms with Crippen LogP contribution in [0.1, 0.15) is 42.6 Å². The van der Waals surface area contributed by atoms with Crippen LogP contribution < -0.4 is 14.2 Å². The quantitative estimate of drug-likeness (QED) is 0.293. The highest BCUT2D eigenvalue weighted by atomic mass is 35.5. The van der Waals surface area contributed by atoms with Crippen LogP contribution in [0.5, 0.6) is 11.6 Å². The molecule has 1 aliphatic heterocycles. The highest BCUT2D eigenvalue weighted by molar-refractivity contribution is 7.92. The van der Waals surface area contributed by atoms with Crippen LogP contribution in [0, 0.1) is 5.92 Å². The van der Waals surface area contributed by atoms with Crippen LogP contribution >= 0.6 is 34.8 Å². The third-order valence-corrected chi connectivity index (χ3v) is 9.84. The van der Waals surface area contributed by atoms with Crippen LogP contribution in [0.4, 0.5) is 5.82 Å². The van der Waals surface area contributed by atoms with Gasteiger partial charge in [-0.3, -0.25) is 4.72 Å². The molecule has 0 radical (unpaired) electrons. The predicted octanol–water partition coefficient (Wildman–Crippen LogP) is 6.42. The van der Waals surface area contributed by atoms with Gasteiger partial charge in [0.15, 0.2) is 0 Å². The number of aryl methyl sites for hydroxylation is 2. The van der Waals surface area contributed by atoms with E-state index in [4.69, 9.17) is 44.3 Å². The van der Waals surface area contributed by atoms with Crippen molar-refractivity contribution in [3.05, 3.63) is 68.4 Å². The van der Waals surface area contributed by atoms with Gasteiger partial charge in [-0.05, 0) is 94.4 Å². The van der Waals surface area contributed by atoms with Crippen molar-refractivity contribution in [1.82, 2.24) is 14.9 Å². The third kappa shape index (κ3) is 6.94. The molecule has 12 heteroatoms. The first kappa shape index (κ1) is 29.2. The summed E-state index contributed by atoms with van der Waals surface area (Å²) in [6.45, 7) is 2.84. The zero-order valence-corrected chi connectivity index (χ0v) is 25.2. The fraction of sp³-hybridized carbons (Fsp3) is 0.429. The molecular weight excluding hydrogens is 595 g/mol. The summed E-state index contributed by atoms with van der Waals surface area (Å²) >= 11 is 18.7. The Hall–Kier alpha value is -2.30. The Labute approximate surface area is 250 Å². The molecule has 0 unspecified atom stereocenters. The number of hydrogen-bond acceptors (Lipinski definition) is 7. The minimum Gasteiger partial charge on any atom is -0.492 e. The molecule has 1 fully saturated rings. The molecule has 0 atom stereocenters. The van der Waals surface area contributed by atoms with E-state index in [1.165, 1.54) is 18.2 Å². The molecule has 1 aromatic heterocycles. The number of sulfonamides is 1. The molecule has 8 nitrogen and oxygen atoms in total. The van der Waals surface area contributed by atoms with Gasteiger partial charge in [0.05, 0.1) is 33.1 Å². The lowest BCUT2D eigenvalue weighted by molar-refractivity contribution is 0.160. The van der Waals surface area contributed by atoms with E-state index in [2.05, 4.69) is 26.6 Å². The van der Waals surface area contributed by atoms with Gasteiger partial charge in [0.2, 0.25) is 5.82 Å². The lowest BCUT2D eigenvalue weighted by atomic mass is 9.98. The van der Waals surface area contributed by atoms with Gasteiger partial charge in [-0.1, -0.05) is 46.9 Å². The lowest BCUT2D eigenvalue weighted by Gasteiger charge is -2.28. The second-order valence-corrected chi connectivity index (χ2v) is 13.1. The average Bonchev–Trinajstić information content (AvgIpc) is 2.94. The molecule has 1 N–H and O–H groups in total. The number of fused-ring (bicyclic) bond motifs is 1. The third-order valence-electron chi connectivity index (χ3n) is 7.22. The summed E-state index contributed by atoms with van der Waals surface area (Å²) in [5.74, 6) is 1.17. The van der Waals surface area contributed by atoms with Gasteiger partial charge in [0, 0.05) is 0 Å². The zero-order chi connectivity index (χ0) is 28.3. The summed E-state index contributed by atoms with van der Waals surface area (Å²) < 4.78 is 41.2. The van der Waals surface area contributed by atoms with E-state index in [-0.39, 0.29) is 33.2 Å². The van der Waals surface area contributed by atoms with Crippen molar-refractivity contribution < 1.29 is 17.9 Å². The molecule has 40 heavy (non-hydrogen) atoms. The van der Waals surface area contributed by atoms with Crippen molar-refractivity contribution in [1.29, 1.82) is 0 Å². The molecular formula is C28H31Cl3N4O4S. The number of benzene rings is 2. The van der Waals surface area contributed by atoms with E-state index >= 15 is 0 Å². The topological polar surface area (TPSA) is 93.7 Å². The van der Waals surface area contributed by atoms with Crippen molar-refractivity contribution in [2.45, 2.75) is 50.0 Å². The number of halogens is 3. The number of likely N-dealkylation sites (tertiary alicyclic amines) is 1. The molecule has 2 heterocycles. The highest BCUT2D eigenvalue weighted by Gasteiger charge is 2.25. The standard InChI is InChI=1S/C28H31Cl3N4O4S/c1-35-13-11-18(12-14-35)16-38-24-15-19(9-10-20(24)29)17-39-28-27(32-22-6-2-3-7-23(22)33-28)34-40(36,37)25-8-4-5-21(30)26(25)31/h4-5,8-10,15,18H,2-3,6-7,11-14,16-17H2,1H3,(H,32,34). The molecule has 3 aromatic rings. The van der Waals surface area contributed by atoms with Crippen molar-refractivity contribution in [2.75, 3.05) is 31.5 Å². The summed E-state index contributed by atoms with van der Waals surface area (Å²) in [4.78, 5) is 11.4. The maximum atomic E-state index is 13.3. The molecule has 214 valence electrons. The number of ether oxygens (including phenoxy) is 2. The van der Waals surface area contributed by atoms with E-state index in [1.807, 2.05) is 12.1 Å². The first-order valence-electron chi connectivity index (χ1n) is 13.3. The summed E-state index contributed by atoms with van der Waals surface area (Å²) in [7, 11) is -1.99. The van der Waals surface area contributed by atoms with Crippen molar-refractivity contribution >= 4 is 50.6 Å². The van der Waals surface area contributed by atoms with Gasteiger partial charge in [-0.15, -0.1) is 0 Å². The first-order chi connectivity index (χ1) is 19.2. The fourth-order valence-corrected chi connectivity index (χ4v) is 6.78. The van der Waals surface area contributed by atoms with Crippen LogP contribution in [0.2, 0.25) is 15.1 Å². The predicted molar refractivity (Wildman–Crippen MR) is 157 cm³/mol. The Morgan fingerprint density at radius 2 is 1.70 bits per heavy atom. The molecule has 1 aliphatic carbocycles. The monoisotopic (exact) mass is 624 g/mol. The van der Waals surface area contributed by atoms with Crippen molar-refractivity contribution in [3.63, 3.8) is 0 Å². The maximum absolute atomic E-state index is 13.3. The number of rotatable bonds is 9. The number of piperidine rings is 1. The van der Waals surface area contributed by atoms with Crippen molar-refractivity contribution in [3.8, 4) is 11.6 Å². The fourth-order valence-electron chi connectivity index (χ4n) is 4.85. The normalized spacial score (nSPS) is 16.4. The molecule has 0 bridgehead atoms. The van der Waals surface area contributed by atoms with Gasteiger partial charge in [0.25, 0.3) is 15.9 Å². The number of anilines is 1. The van der Waals surface area contributed by atoms with Gasteiger partial charge in [-0.25, -0.2) is 18.4 Å². The second kappa shape index (κ2) is 12.7. The Kier molecular flexibility index (Phi) is 9.27. The summed E-state index contributed by atoms with van der Waals surface area (Å²) in [5.41, 5.74) is 2.36.